The van der Waals surface area contributed by atoms with Crippen molar-refractivity contribution in [1.29, 1.82) is 0 Å². The van der Waals surface area contributed by atoms with E-state index in [2.05, 4.69) is 20.5 Å². The highest BCUT2D eigenvalue weighted by molar-refractivity contribution is 7.13. The van der Waals surface area contributed by atoms with Crippen LogP contribution in [-0.2, 0) is 33.5 Å². The fraction of sp³-hybridized carbons (Fsp3) is 0.500. The minimum absolute atomic E-state index is 0. The van der Waals surface area contributed by atoms with Gasteiger partial charge in [0.2, 0.25) is 5.91 Å². The number of thiazole rings is 1. The summed E-state index contributed by atoms with van der Waals surface area (Å²) in [6.45, 7) is 1.51. The molecule has 1 aliphatic carbocycles. The lowest BCUT2D eigenvalue weighted by Gasteiger charge is -2.37. The summed E-state index contributed by atoms with van der Waals surface area (Å²) in [4.78, 5) is 60.4. The average Bonchev–Trinajstić information content (AvgIpc) is 3.33. The second kappa shape index (κ2) is 13.6. The predicted molar refractivity (Wildman–Crippen MR) is 154 cm³/mol. The van der Waals surface area contributed by atoms with Gasteiger partial charge in [-0.05, 0) is 44.5 Å². The molecule has 0 saturated heterocycles. The molecule has 10 nitrogen and oxygen atoms in total. The Morgan fingerprint density at radius 3 is 2.48 bits per heavy atom. The van der Waals surface area contributed by atoms with Crippen molar-refractivity contribution in [3.8, 4) is 0 Å². The van der Waals surface area contributed by atoms with Crippen LogP contribution in [0.25, 0.3) is 0 Å². The summed E-state index contributed by atoms with van der Waals surface area (Å²) in [6.07, 6.45) is -3.28. The number of hydrogen-bond acceptors (Lipinski definition) is 7. The van der Waals surface area contributed by atoms with Gasteiger partial charge in [0.15, 0.2) is 5.01 Å². The van der Waals surface area contributed by atoms with Gasteiger partial charge in [0.1, 0.15) is 0 Å². The minimum atomic E-state index is -4.82. The Labute approximate surface area is 255 Å². The van der Waals surface area contributed by atoms with Gasteiger partial charge in [-0.3, -0.25) is 19.2 Å². The molecular weight excluding hydrogens is 620 g/mol. The minimum Gasteiger partial charge on any atom is -0.349 e. The van der Waals surface area contributed by atoms with Crippen molar-refractivity contribution in [3.05, 3.63) is 44.4 Å². The van der Waals surface area contributed by atoms with E-state index in [0.717, 1.165) is 35.7 Å². The van der Waals surface area contributed by atoms with Crippen molar-refractivity contribution in [2.75, 3.05) is 33.0 Å². The number of benzene rings is 1. The fourth-order valence-corrected chi connectivity index (χ4v) is 6.28. The van der Waals surface area contributed by atoms with Crippen LogP contribution in [0.5, 0.6) is 0 Å². The summed E-state index contributed by atoms with van der Waals surface area (Å²) < 4.78 is 40.3. The molecule has 4 amide bonds. The molecular formula is C26H31Cl2F3N6O4S. The molecule has 1 aliphatic heterocycles. The fourth-order valence-electron chi connectivity index (χ4n) is 5.02. The van der Waals surface area contributed by atoms with E-state index < -0.39 is 53.2 Å². The van der Waals surface area contributed by atoms with Crippen molar-refractivity contribution >= 4 is 64.7 Å². The summed E-state index contributed by atoms with van der Waals surface area (Å²) in [5.74, 6) is -3.52. The third-order valence-corrected chi connectivity index (χ3v) is 8.45. The van der Waals surface area contributed by atoms with E-state index >= 15 is 0 Å². The Bertz CT molecular complexity index is 1360. The molecule has 1 aromatic heterocycles. The topological polar surface area (TPSA) is 124 Å². The first-order valence-corrected chi connectivity index (χ1v) is 14.1. The van der Waals surface area contributed by atoms with Crippen molar-refractivity contribution in [2.45, 2.75) is 50.5 Å². The molecule has 2 heterocycles. The van der Waals surface area contributed by atoms with Crippen LogP contribution in [0.4, 0.5) is 18.9 Å². The number of likely N-dealkylation sites (N-methyl/N-ethyl adjacent to an activating group) is 1. The van der Waals surface area contributed by atoms with E-state index in [1.807, 2.05) is 12.4 Å². The van der Waals surface area contributed by atoms with Crippen LogP contribution in [0.1, 0.15) is 45.2 Å². The lowest BCUT2D eigenvalue weighted by atomic mass is 9.81. The number of rotatable bonds is 5. The van der Waals surface area contributed by atoms with Gasteiger partial charge in [-0.15, -0.1) is 23.7 Å². The van der Waals surface area contributed by atoms with Crippen molar-refractivity contribution in [2.24, 2.45) is 5.92 Å². The van der Waals surface area contributed by atoms with E-state index in [4.69, 9.17) is 11.6 Å². The number of nitrogens with zero attached hydrogens (tertiary/aromatic N) is 3. The van der Waals surface area contributed by atoms with E-state index in [1.54, 1.807) is 14.1 Å². The number of aromatic nitrogens is 1. The largest absolute Gasteiger partial charge is 0.418 e. The van der Waals surface area contributed by atoms with Crippen molar-refractivity contribution in [1.82, 2.24) is 25.4 Å². The summed E-state index contributed by atoms with van der Waals surface area (Å²) in [7, 11) is 5.22. The highest BCUT2D eigenvalue weighted by Gasteiger charge is 2.38. The molecule has 1 saturated carbocycles. The van der Waals surface area contributed by atoms with Crippen LogP contribution in [-0.4, -0.2) is 78.2 Å². The zero-order valence-electron chi connectivity index (χ0n) is 23.0. The number of carbonyl (C=O) groups excluding carboxylic acids is 4. The van der Waals surface area contributed by atoms with Crippen LogP contribution in [0.15, 0.2) is 18.2 Å². The monoisotopic (exact) mass is 650 g/mol. The maximum atomic E-state index is 13.4. The highest BCUT2D eigenvalue weighted by atomic mass is 35.5. The molecule has 0 spiro atoms. The number of carbonyl (C=O) groups is 4. The Kier molecular flexibility index (Phi) is 10.8. The molecule has 1 fully saturated rings. The van der Waals surface area contributed by atoms with Crippen LogP contribution < -0.4 is 16.0 Å². The smallest absolute Gasteiger partial charge is 0.349 e. The second-order valence-electron chi connectivity index (χ2n) is 10.4. The van der Waals surface area contributed by atoms with Gasteiger partial charge in [0.25, 0.3) is 5.91 Å². The molecule has 4 rings (SSSR count). The zero-order chi connectivity index (χ0) is 30.1. The van der Waals surface area contributed by atoms with Gasteiger partial charge in [-0.25, -0.2) is 4.98 Å². The van der Waals surface area contributed by atoms with Gasteiger partial charge in [-0.1, -0.05) is 11.6 Å². The number of anilines is 1. The second-order valence-corrected chi connectivity index (χ2v) is 11.9. The van der Waals surface area contributed by atoms with Crippen LogP contribution >= 0.6 is 35.3 Å². The lowest BCUT2D eigenvalue weighted by Crippen LogP contribution is -2.57. The number of amides is 4. The number of halogens is 5. The summed E-state index contributed by atoms with van der Waals surface area (Å²) in [5, 5.41) is 7.48. The lowest BCUT2D eigenvalue weighted by molar-refractivity contribution is -0.139. The summed E-state index contributed by atoms with van der Waals surface area (Å²) in [6, 6.07) is 1.29. The van der Waals surface area contributed by atoms with Gasteiger partial charge < -0.3 is 25.8 Å². The summed E-state index contributed by atoms with van der Waals surface area (Å²) in [5.41, 5.74) is -0.952. The maximum absolute atomic E-state index is 13.4. The number of nitrogens with one attached hydrogen (secondary N) is 3. The Morgan fingerprint density at radius 1 is 1.10 bits per heavy atom. The molecule has 0 bridgehead atoms. The molecule has 2 aliphatic rings. The Balaban J connectivity index is 0.00000484. The van der Waals surface area contributed by atoms with Gasteiger partial charge in [-0.2, -0.15) is 13.2 Å². The quantitative estimate of drug-likeness (QED) is 0.427. The third-order valence-electron chi connectivity index (χ3n) is 7.13. The molecule has 0 radical (unpaired) electrons. The first-order chi connectivity index (χ1) is 19.2. The van der Waals surface area contributed by atoms with Gasteiger partial charge in [0, 0.05) is 55.5 Å². The number of alkyl halides is 3. The molecule has 3 atom stereocenters. The van der Waals surface area contributed by atoms with E-state index in [1.165, 1.54) is 16.2 Å². The van der Waals surface area contributed by atoms with E-state index in [-0.39, 0.29) is 41.2 Å². The predicted octanol–water partition coefficient (Wildman–Crippen LogP) is 3.34. The Morgan fingerprint density at radius 2 is 1.81 bits per heavy atom. The summed E-state index contributed by atoms with van der Waals surface area (Å²) >= 11 is 6.96. The van der Waals surface area contributed by atoms with E-state index in [9.17, 15) is 32.3 Å². The molecule has 0 unspecified atom stereocenters. The molecule has 42 heavy (non-hydrogen) atoms. The van der Waals surface area contributed by atoms with Crippen molar-refractivity contribution < 1.29 is 32.3 Å². The number of hydrogen-bond donors (Lipinski definition) is 3. The zero-order valence-corrected chi connectivity index (χ0v) is 25.4. The molecule has 3 N–H and O–H groups in total. The van der Waals surface area contributed by atoms with Gasteiger partial charge in [0.05, 0.1) is 23.0 Å². The van der Waals surface area contributed by atoms with Crippen LogP contribution in [0, 0.1) is 5.92 Å². The molecule has 1 aromatic carbocycles. The number of fused-ring (bicyclic) bond motifs is 1. The SMILES string of the molecule is CN1CCc2nc(C(=O)N[C@@H]3C[C@@H](C(=O)N(C)C)CC[C@@H]3NC(=O)C(=O)Nc3ccc(Cl)cc3C(F)(F)F)sc2C1.Cl. The molecule has 2 aromatic rings. The highest BCUT2D eigenvalue weighted by Crippen LogP contribution is 2.36. The van der Waals surface area contributed by atoms with Gasteiger partial charge >= 0.3 is 18.0 Å². The first kappa shape index (κ1) is 33.6. The Hall–Kier alpha value is -2.94. The molecule has 16 heteroatoms. The standard InChI is InChI=1S/C26H30ClF3N6O4S.ClH/c1-35(2)25(40)13-4-6-17(19(10-13)33-23(39)24-34-18-8-9-36(3)12-20(18)41-24)32-22(38)21(37)31-16-7-5-14(27)11-15(16)26(28,29)30;/h5,7,11,13,17,19H,4,6,8-10,12H2,1-3H3,(H,31,37)(H,32,38)(H,33,39);1H/t13-,17-,19+;/m0./s1. The first-order valence-electron chi connectivity index (χ1n) is 12.9. The van der Waals surface area contributed by atoms with Crippen LogP contribution in [0.3, 0.4) is 0 Å². The van der Waals surface area contributed by atoms with E-state index in [0.29, 0.717) is 19.0 Å². The third kappa shape index (κ3) is 7.91. The molecule has 230 valence electrons. The average molecular weight is 652 g/mol. The maximum Gasteiger partial charge on any atom is 0.418 e. The van der Waals surface area contributed by atoms with Crippen molar-refractivity contribution in [3.63, 3.8) is 0 Å². The van der Waals surface area contributed by atoms with Crippen LogP contribution in [0.2, 0.25) is 5.02 Å². The normalized spacial score (nSPS) is 20.5.